The summed E-state index contributed by atoms with van der Waals surface area (Å²) in [6, 6.07) is 14.7. The number of fused-ring (bicyclic) bond motifs is 1. The Labute approximate surface area is 174 Å². The molecule has 0 saturated heterocycles. The van der Waals surface area contributed by atoms with E-state index in [4.69, 9.17) is 25.5 Å². The Hall–Kier alpha value is -3.12. The van der Waals surface area contributed by atoms with Crippen LogP contribution in [-0.2, 0) is 6.54 Å². The van der Waals surface area contributed by atoms with Crippen LogP contribution in [0.5, 0.6) is 11.5 Å². The summed E-state index contributed by atoms with van der Waals surface area (Å²) in [7, 11) is 1.55. The van der Waals surface area contributed by atoms with Crippen molar-refractivity contribution in [3.05, 3.63) is 76.7 Å². The van der Waals surface area contributed by atoms with Crippen molar-refractivity contribution in [2.45, 2.75) is 19.6 Å². The van der Waals surface area contributed by atoms with Gasteiger partial charge in [-0.05, 0) is 43.3 Å². The Kier molecular flexibility index (Phi) is 5.36. The third-order valence-corrected chi connectivity index (χ3v) is 5.06. The number of benzene rings is 2. The predicted molar refractivity (Wildman–Crippen MR) is 111 cm³/mol. The monoisotopic (exact) mass is 412 g/mol. The summed E-state index contributed by atoms with van der Waals surface area (Å²) in [5.41, 5.74) is 2.16. The normalized spacial score (nSPS) is 15.6. The predicted octanol–water partition coefficient (Wildman–Crippen LogP) is 5.11. The molecule has 7 heteroatoms. The summed E-state index contributed by atoms with van der Waals surface area (Å²) >= 11 is 6.46. The molecule has 1 unspecified atom stereocenters. The van der Waals surface area contributed by atoms with E-state index in [0.717, 1.165) is 11.3 Å². The molecule has 1 aliphatic rings. The maximum Gasteiger partial charge on any atom is 0.258 e. The second-order valence-electron chi connectivity index (χ2n) is 6.57. The molecule has 3 aromatic rings. The number of carbonyl (C=O) groups is 1. The molecule has 6 nitrogen and oxygen atoms in total. The number of nitrogens with one attached hydrogen (secondary N) is 1. The molecular weight excluding hydrogens is 392 g/mol. The lowest BCUT2D eigenvalue weighted by atomic mass is 10.0. The number of halogens is 1. The van der Waals surface area contributed by atoms with Gasteiger partial charge in [-0.1, -0.05) is 23.7 Å². The Morgan fingerprint density at radius 1 is 1.21 bits per heavy atom. The molecule has 0 saturated carbocycles. The highest BCUT2D eigenvalue weighted by atomic mass is 35.5. The van der Waals surface area contributed by atoms with Gasteiger partial charge in [0.1, 0.15) is 11.9 Å². The van der Waals surface area contributed by atoms with E-state index in [-0.39, 0.29) is 5.91 Å². The number of rotatable bonds is 6. The Morgan fingerprint density at radius 2 is 2.03 bits per heavy atom. The van der Waals surface area contributed by atoms with Crippen molar-refractivity contribution in [2.75, 3.05) is 19.0 Å². The number of anilines is 1. The van der Waals surface area contributed by atoms with Gasteiger partial charge in [0.15, 0.2) is 11.5 Å². The molecule has 0 spiro atoms. The number of amides is 1. The molecule has 0 fully saturated rings. The molecule has 0 bridgehead atoms. The molecule has 1 aromatic heterocycles. The second kappa shape index (κ2) is 8.09. The minimum atomic E-state index is -0.454. The minimum Gasteiger partial charge on any atom is -0.491 e. The van der Waals surface area contributed by atoms with Crippen LogP contribution >= 0.6 is 11.6 Å². The zero-order valence-electron chi connectivity index (χ0n) is 16.1. The van der Waals surface area contributed by atoms with E-state index in [1.54, 1.807) is 30.4 Å². The van der Waals surface area contributed by atoms with E-state index in [0.29, 0.717) is 41.0 Å². The molecule has 0 aliphatic carbocycles. The van der Waals surface area contributed by atoms with Crippen LogP contribution in [0.4, 0.5) is 5.69 Å². The third-order valence-electron chi connectivity index (χ3n) is 4.78. The van der Waals surface area contributed by atoms with Crippen molar-refractivity contribution in [2.24, 2.45) is 0 Å². The van der Waals surface area contributed by atoms with Crippen molar-refractivity contribution in [3.8, 4) is 11.5 Å². The largest absolute Gasteiger partial charge is 0.491 e. The van der Waals surface area contributed by atoms with Crippen molar-refractivity contribution in [1.82, 2.24) is 4.90 Å². The molecule has 2 aromatic carbocycles. The number of furan rings is 1. The highest BCUT2D eigenvalue weighted by Gasteiger charge is 2.34. The van der Waals surface area contributed by atoms with Crippen LogP contribution in [0.25, 0.3) is 0 Å². The van der Waals surface area contributed by atoms with Crippen molar-refractivity contribution >= 4 is 23.2 Å². The summed E-state index contributed by atoms with van der Waals surface area (Å²) in [6.07, 6.45) is 1.14. The fourth-order valence-electron chi connectivity index (χ4n) is 3.50. The molecule has 1 aliphatic heterocycles. The number of carbonyl (C=O) groups excluding carboxylic acids is 1. The number of nitrogens with zero attached hydrogens (tertiary/aromatic N) is 1. The first-order valence-corrected chi connectivity index (χ1v) is 9.69. The van der Waals surface area contributed by atoms with Gasteiger partial charge in [0.05, 0.1) is 37.1 Å². The molecule has 1 atom stereocenters. The number of methoxy groups -OCH3 is 1. The van der Waals surface area contributed by atoms with Gasteiger partial charge in [-0.25, -0.2) is 0 Å². The lowest BCUT2D eigenvalue weighted by molar-refractivity contribution is 0.0651. The van der Waals surface area contributed by atoms with E-state index >= 15 is 0 Å². The quantitative estimate of drug-likeness (QED) is 0.609. The SMILES string of the molecule is CCOc1cc(C2Nc3ccccc3C(=O)N2Cc2ccco2)cc(Cl)c1OC. The van der Waals surface area contributed by atoms with Crippen LogP contribution in [0.15, 0.2) is 59.2 Å². The summed E-state index contributed by atoms with van der Waals surface area (Å²) in [5.74, 6) is 1.60. The zero-order valence-corrected chi connectivity index (χ0v) is 16.9. The molecular formula is C22H21ClN2O4. The molecule has 1 N–H and O–H groups in total. The summed E-state index contributed by atoms with van der Waals surface area (Å²) < 4.78 is 16.6. The van der Waals surface area contributed by atoms with Gasteiger partial charge in [0.2, 0.25) is 0 Å². The van der Waals surface area contributed by atoms with Crippen molar-refractivity contribution < 1.29 is 18.7 Å². The van der Waals surface area contributed by atoms with Gasteiger partial charge in [-0.2, -0.15) is 0 Å². The van der Waals surface area contributed by atoms with E-state index < -0.39 is 6.17 Å². The third kappa shape index (κ3) is 3.63. The maximum absolute atomic E-state index is 13.3. The van der Waals surface area contributed by atoms with E-state index in [1.807, 2.05) is 43.3 Å². The highest BCUT2D eigenvalue weighted by molar-refractivity contribution is 6.32. The average molecular weight is 413 g/mol. The Bertz CT molecular complexity index is 1020. The molecule has 29 heavy (non-hydrogen) atoms. The first-order valence-electron chi connectivity index (χ1n) is 9.31. The van der Waals surface area contributed by atoms with E-state index in [2.05, 4.69) is 5.32 Å². The zero-order chi connectivity index (χ0) is 20.4. The minimum absolute atomic E-state index is 0.0920. The van der Waals surface area contributed by atoms with Crippen LogP contribution < -0.4 is 14.8 Å². The highest BCUT2D eigenvalue weighted by Crippen LogP contribution is 2.41. The van der Waals surface area contributed by atoms with E-state index in [9.17, 15) is 4.79 Å². The molecule has 150 valence electrons. The van der Waals surface area contributed by atoms with Crippen LogP contribution in [0.2, 0.25) is 5.02 Å². The fourth-order valence-corrected chi connectivity index (χ4v) is 3.79. The van der Waals surface area contributed by atoms with Crippen molar-refractivity contribution in [1.29, 1.82) is 0 Å². The molecule has 2 heterocycles. The smallest absolute Gasteiger partial charge is 0.258 e. The van der Waals surface area contributed by atoms with Gasteiger partial charge in [0, 0.05) is 11.3 Å². The van der Waals surface area contributed by atoms with Gasteiger partial charge >= 0.3 is 0 Å². The summed E-state index contributed by atoms with van der Waals surface area (Å²) in [4.78, 5) is 15.0. The standard InChI is InChI=1S/C22H21ClN2O4/c1-3-28-19-12-14(11-17(23)20(19)27-2)21-24-18-9-5-4-8-16(18)22(26)25(21)13-15-7-6-10-29-15/h4-12,21,24H,3,13H2,1-2H3. The fraction of sp³-hybridized carbons (Fsp3) is 0.227. The first kappa shape index (κ1) is 19.2. The summed E-state index contributed by atoms with van der Waals surface area (Å²) in [6.45, 7) is 2.67. The van der Waals surface area contributed by atoms with Gasteiger partial charge in [0.25, 0.3) is 5.91 Å². The summed E-state index contributed by atoms with van der Waals surface area (Å²) in [5, 5.41) is 3.86. The molecule has 1 amide bonds. The second-order valence-corrected chi connectivity index (χ2v) is 6.98. The van der Waals surface area contributed by atoms with Crippen molar-refractivity contribution in [3.63, 3.8) is 0 Å². The lowest BCUT2D eigenvalue weighted by Crippen LogP contribution is -2.42. The Balaban J connectivity index is 1.80. The van der Waals surface area contributed by atoms with Gasteiger partial charge in [-0.15, -0.1) is 0 Å². The van der Waals surface area contributed by atoms with Crippen LogP contribution in [0.3, 0.4) is 0 Å². The maximum atomic E-state index is 13.3. The number of para-hydroxylation sites is 1. The van der Waals surface area contributed by atoms with Gasteiger partial charge in [-0.3, -0.25) is 4.79 Å². The lowest BCUT2D eigenvalue weighted by Gasteiger charge is -2.38. The first-order chi connectivity index (χ1) is 14.1. The van der Waals surface area contributed by atoms with Gasteiger partial charge < -0.3 is 24.1 Å². The van der Waals surface area contributed by atoms with E-state index in [1.165, 1.54) is 0 Å². The topological polar surface area (TPSA) is 63.9 Å². The van der Waals surface area contributed by atoms with Crippen LogP contribution in [0, 0.1) is 0 Å². The van der Waals surface area contributed by atoms with Crippen LogP contribution in [0.1, 0.15) is 34.8 Å². The number of hydrogen-bond donors (Lipinski definition) is 1. The number of ether oxygens (including phenoxy) is 2. The molecule has 4 rings (SSSR count). The molecule has 0 radical (unpaired) electrons. The van der Waals surface area contributed by atoms with Crippen LogP contribution in [-0.4, -0.2) is 24.5 Å². The average Bonchev–Trinajstić information content (AvgIpc) is 3.23. The number of hydrogen-bond acceptors (Lipinski definition) is 5. The Morgan fingerprint density at radius 3 is 2.76 bits per heavy atom.